The molecular formula is C52H53N7O8S2. The second-order valence-electron chi connectivity index (χ2n) is 18.0. The Morgan fingerprint density at radius 2 is 1.35 bits per heavy atom. The first-order valence-electron chi connectivity index (χ1n) is 22.5. The first kappa shape index (κ1) is 49.7. The summed E-state index contributed by atoms with van der Waals surface area (Å²) >= 11 is 3.01. The Labute approximate surface area is 409 Å². The number of ether oxygens (including phenoxy) is 3. The van der Waals surface area contributed by atoms with E-state index in [4.69, 9.17) is 32.5 Å². The normalized spacial score (nSPS) is 14.8. The number of nitrogens with zero attached hydrogens (tertiary/aromatic N) is 6. The maximum atomic E-state index is 12.9. The summed E-state index contributed by atoms with van der Waals surface area (Å²) in [4.78, 5) is 49.6. The molecule has 0 aliphatic heterocycles. The van der Waals surface area contributed by atoms with E-state index < -0.39 is 36.2 Å². The van der Waals surface area contributed by atoms with Crippen LogP contribution in [-0.4, -0.2) is 79.2 Å². The predicted octanol–water partition coefficient (Wildman–Crippen LogP) is 12.0. The maximum absolute atomic E-state index is 12.9. The Morgan fingerprint density at radius 1 is 0.768 bits per heavy atom. The fraction of sp³-hybridized carbons (Fsp3) is 0.346. The van der Waals surface area contributed by atoms with Crippen molar-refractivity contribution in [3.8, 4) is 53.7 Å². The maximum Gasteiger partial charge on any atom is 0.411 e. The van der Waals surface area contributed by atoms with E-state index in [1.165, 1.54) is 33.1 Å². The van der Waals surface area contributed by atoms with Gasteiger partial charge in [0.25, 0.3) is 0 Å². The molecule has 17 heteroatoms. The highest BCUT2D eigenvalue weighted by molar-refractivity contribution is 7.18. The van der Waals surface area contributed by atoms with Crippen molar-refractivity contribution < 1.29 is 38.8 Å². The van der Waals surface area contributed by atoms with Crippen molar-refractivity contribution in [1.82, 2.24) is 25.4 Å². The number of carbonyl (C=O) groups excluding carboxylic acids is 1. The van der Waals surface area contributed by atoms with Crippen molar-refractivity contribution in [2.75, 3.05) is 13.1 Å². The second-order valence-corrected chi connectivity index (χ2v) is 20.0. The second kappa shape index (κ2) is 21.4. The van der Waals surface area contributed by atoms with Gasteiger partial charge in [-0.05, 0) is 126 Å². The lowest BCUT2D eigenvalue weighted by atomic mass is 10.0. The van der Waals surface area contributed by atoms with Crippen LogP contribution in [0.5, 0.6) is 11.5 Å². The van der Waals surface area contributed by atoms with Crippen LogP contribution in [0.2, 0.25) is 0 Å². The van der Waals surface area contributed by atoms with Crippen molar-refractivity contribution in [3.63, 3.8) is 0 Å². The van der Waals surface area contributed by atoms with Crippen molar-refractivity contribution in [2.24, 2.45) is 0 Å². The van der Waals surface area contributed by atoms with Gasteiger partial charge in [0.15, 0.2) is 0 Å². The highest BCUT2D eigenvalue weighted by atomic mass is 32.1. The molecule has 356 valence electrons. The largest absolute Gasteiger partial charge is 0.502 e. The third kappa shape index (κ3) is 11.9. The van der Waals surface area contributed by atoms with Gasteiger partial charge in [0, 0.05) is 28.9 Å². The van der Waals surface area contributed by atoms with Gasteiger partial charge >= 0.3 is 18.0 Å². The van der Waals surface area contributed by atoms with E-state index in [2.05, 4.69) is 30.2 Å². The Bertz CT molecular complexity index is 2960. The zero-order valence-corrected chi connectivity index (χ0v) is 41.0. The van der Waals surface area contributed by atoms with Crippen molar-refractivity contribution in [1.29, 1.82) is 0 Å². The Balaban J connectivity index is 0.000000208. The molecule has 0 saturated carbocycles. The molecule has 8 rings (SSSR count). The molecule has 2 aliphatic rings. The van der Waals surface area contributed by atoms with Gasteiger partial charge in [-0.1, -0.05) is 59.9 Å². The van der Waals surface area contributed by atoms with Crippen LogP contribution in [0.1, 0.15) is 95.6 Å². The molecule has 2 atom stereocenters. The van der Waals surface area contributed by atoms with Crippen LogP contribution >= 0.6 is 22.7 Å². The smallest absolute Gasteiger partial charge is 0.411 e. The van der Waals surface area contributed by atoms with Crippen LogP contribution < -0.4 is 14.8 Å². The van der Waals surface area contributed by atoms with Gasteiger partial charge in [0.1, 0.15) is 38.7 Å². The van der Waals surface area contributed by atoms with Gasteiger partial charge in [-0.15, -0.1) is 21.5 Å². The van der Waals surface area contributed by atoms with Crippen molar-refractivity contribution >= 4 is 52.1 Å². The number of amides is 1. The fourth-order valence-electron chi connectivity index (χ4n) is 8.40. The minimum Gasteiger partial charge on any atom is -0.502 e. The molecule has 69 heavy (non-hydrogen) atoms. The summed E-state index contributed by atoms with van der Waals surface area (Å²) in [5.74, 6) is -0.823. The summed E-state index contributed by atoms with van der Waals surface area (Å²) in [6.07, 6.45) is 4.18. The van der Waals surface area contributed by atoms with Crippen LogP contribution in [0.3, 0.4) is 0 Å². The Hall–Kier alpha value is -7.18. The molecule has 0 radical (unpaired) electrons. The first-order valence-corrected chi connectivity index (χ1v) is 24.1. The lowest BCUT2D eigenvalue weighted by molar-refractivity contribution is -0.139. The molecule has 15 nitrogen and oxygen atoms in total. The molecule has 0 spiro atoms. The average Bonchev–Trinajstić information content (AvgIpc) is 4.14. The molecule has 4 aromatic carbocycles. The number of aliphatic carboxylic acids is 2. The molecule has 0 fully saturated rings. The van der Waals surface area contributed by atoms with E-state index in [9.17, 15) is 19.5 Å². The number of rotatable bonds is 14. The number of thiazole rings is 1. The summed E-state index contributed by atoms with van der Waals surface area (Å²) in [6.45, 7) is 27.5. The van der Waals surface area contributed by atoms with Gasteiger partial charge in [-0.25, -0.2) is 19.5 Å². The number of carboxylic acids is 2. The molecule has 2 aliphatic carbocycles. The van der Waals surface area contributed by atoms with Crippen LogP contribution in [-0.2, 0) is 27.2 Å². The number of benzene rings is 4. The molecule has 0 unspecified atom stereocenters. The number of hydrogen-bond acceptors (Lipinski definition) is 12. The summed E-state index contributed by atoms with van der Waals surface area (Å²) in [6, 6.07) is 22.6. The first-order chi connectivity index (χ1) is 32.9. The van der Waals surface area contributed by atoms with E-state index in [0.717, 1.165) is 71.7 Å². The van der Waals surface area contributed by atoms with Gasteiger partial charge in [0.05, 0.1) is 42.8 Å². The number of hydrogen-bond donors (Lipinski definition) is 3. The summed E-state index contributed by atoms with van der Waals surface area (Å²) in [5.41, 5.74) is 8.20. The third-order valence-electron chi connectivity index (χ3n) is 11.1. The van der Waals surface area contributed by atoms with E-state index in [1.54, 1.807) is 32.9 Å². The quantitative estimate of drug-likeness (QED) is 0.0880. The summed E-state index contributed by atoms with van der Waals surface area (Å²) in [5, 5.41) is 32.7. The van der Waals surface area contributed by atoms with Gasteiger partial charge < -0.3 is 29.7 Å². The average molecular weight is 968 g/mol. The number of aromatic nitrogens is 3. The zero-order valence-electron chi connectivity index (χ0n) is 39.4. The SMILES string of the molecule is [C-]#[N+]c1cc(-c2ncc(-c3cccc4c3CC[C@H]4N(CC(=O)O)C(=O)OC(C)(C)C)s2)ccc1OC(C)C.[C-]#[N+]c1cc(-c2nnc(-c3cccc4c3CC[C@H]4NCC(=O)O)s2)ccc1OC(C)C. The predicted molar refractivity (Wildman–Crippen MR) is 266 cm³/mol. The minimum atomic E-state index is -1.09. The number of carboxylic acid groups (broad SMARTS) is 2. The van der Waals surface area contributed by atoms with E-state index >= 15 is 0 Å². The van der Waals surface area contributed by atoms with Crippen LogP contribution in [0.15, 0.2) is 79.0 Å². The van der Waals surface area contributed by atoms with Gasteiger partial charge in [0.2, 0.25) is 11.4 Å². The van der Waals surface area contributed by atoms with Gasteiger partial charge in [-0.2, -0.15) is 0 Å². The lowest BCUT2D eigenvalue weighted by Crippen LogP contribution is -2.41. The fourth-order valence-corrected chi connectivity index (χ4v) is 10.3. The van der Waals surface area contributed by atoms with Crippen LogP contribution in [0.25, 0.3) is 51.8 Å². The summed E-state index contributed by atoms with van der Waals surface area (Å²) in [7, 11) is 0. The van der Waals surface area contributed by atoms with Crippen molar-refractivity contribution in [2.45, 2.75) is 104 Å². The highest BCUT2D eigenvalue weighted by Gasteiger charge is 2.36. The molecular weight excluding hydrogens is 915 g/mol. The van der Waals surface area contributed by atoms with Gasteiger partial charge in [-0.3, -0.25) is 14.5 Å². The lowest BCUT2D eigenvalue weighted by Gasteiger charge is -2.31. The number of carbonyl (C=O) groups is 3. The number of fused-ring (bicyclic) bond motifs is 2. The van der Waals surface area contributed by atoms with E-state index in [0.29, 0.717) is 35.7 Å². The van der Waals surface area contributed by atoms with E-state index in [1.807, 2.05) is 94.6 Å². The third-order valence-corrected chi connectivity index (χ3v) is 13.2. The highest BCUT2D eigenvalue weighted by Crippen LogP contribution is 2.45. The molecule has 2 heterocycles. The molecule has 1 amide bonds. The Morgan fingerprint density at radius 3 is 1.94 bits per heavy atom. The van der Waals surface area contributed by atoms with Crippen LogP contribution in [0, 0.1) is 13.1 Å². The topological polar surface area (TPSA) is 182 Å². The Kier molecular flexibility index (Phi) is 15.4. The molecule has 3 N–H and O–H groups in total. The minimum absolute atomic E-state index is 0.00604. The number of nitrogens with one attached hydrogen (secondary N) is 1. The molecule has 0 bridgehead atoms. The standard InChI is InChI=1S/C29H31N3O5S.C23H22N4O3S/c1-17(2)36-24-13-10-18(14-22(24)30-6)27-31-15-25(38-27)21-9-7-8-20-19(21)11-12-23(20)32(16-26(33)34)28(35)37-29(3,4)5;1-13(2)30-20-10-7-14(11-19(20)24-3)22-26-27-23(31-22)17-6-4-5-16-15(17)8-9-18(16)25-12-21(28)29/h7-10,13-15,17,23H,11-12,16H2,1-5H3,(H,33,34);4-7,10-11,13,18,25H,8-9,12H2,1-2H3,(H,28,29)/t23-;18-/m11/s1. The molecule has 0 saturated heterocycles. The van der Waals surface area contributed by atoms with Crippen LogP contribution in [0.4, 0.5) is 16.2 Å². The summed E-state index contributed by atoms with van der Waals surface area (Å²) < 4.78 is 17.0. The monoisotopic (exact) mass is 967 g/mol. The molecule has 6 aromatic rings. The van der Waals surface area contributed by atoms with Crippen molar-refractivity contribution in [3.05, 3.63) is 124 Å². The zero-order chi connectivity index (χ0) is 49.6. The van der Waals surface area contributed by atoms with E-state index in [-0.39, 0.29) is 24.8 Å². The molecule has 2 aromatic heterocycles.